The van der Waals surface area contributed by atoms with Crippen molar-refractivity contribution < 1.29 is 9.53 Å². The molecule has 3 atom stereocenters. The zero-order valence-electron chi connectivity index (χ0n) is 9.53. The molecule has 2 saturated heterocycles. The van der Waals surface area contributed by atoms with Gasteiger partial charge >= 0.3 is 0 Å². The average Bonchev–Trinajstić information content (AvgIpc) is 2.78. The number of hydrogen-bond acceptors (Lipinski definition) is 3. The van der Waals surface area contributed by atoms with Crippen LogP contribution >= 0.6 is 0 Å². The Bertz CT molecular complexity index is 239. The standard InChI is InChI=1S/C11H20N2O2/c1-3-4-10-12-8(2)11(14)13(10)9-5-6-15-7-9/h8-10,12H,3-7H2,1-2H3. The Labute approximate surface area is 91.0 Å². The molecule has 0 aromatic heterocycles. The highest BCUT2D eigenvalue weighted by Gasteiger charge is 2.40. The van der Waals surface area contributed by atoms with Gasteiger partial charge in [-0.25, -0.2) is 0 Å². The van der Waals surface area contributed by atoms with Crippen molar-refractivity contribution >= 4 is 5.91 Å². The largest absolute Gasteiger partial charge is 0.379 e. The Morgan fingerprint density at radius 3 is 3.00 bits per heavy atom. The molecule has 1 amide bonds. The van der Waals surface area contributed by atoms with E-state index < -0.39 is 0 Å². The number of nitrogens with zero attached hydrogens (tertiary/aromatic N) is 1. The van der Waals surface area contributed by atoms with Crippen molar-refractivity contribution in [3.05, 3.63) is 0 Å². The second-order valence-electron chi connectivity index (χ2n) is 4.46. The van der Waals surface area contributed by atoms with E-state index in [4.69, 9.17) is 4.74 Å². The molecule has 0 radical (unpaired) electrons. The molecule has 3 unspecified atom stereocenters. The molecule has 2 aliphatic rings. The van der Waals surface area contributed by atoms with Gasteiger partial charge in [-0.3, -0.25) is 10.1 Å². The normalized spacial score (nSPS) is 36.5. The second kappa shape index (κ2) is 4.49. The summed E-state index contributed by atoms with van der Waals surface area (Å²) in [6, 6.07) is 0.272. The van der Waals surface area contributed by atoms with E-state index in [0.717, 1.165) is 25.9 Å². The summed E-state index contributed by atoms with van der Waals surface area (Å²) in [5.41, 5.74) is 0. The number of nitrogens with one attached hydrogen (secondary N) is 1. The van der Waals surface area contributed by atoms with Crippen LogP contribution in [0.1, 0.15) is 33.1 Å². The van der Waals surface area contributed by atoms with Gasteiger partial charge in [0.1, 0.15) is 0 Å². The minimum atomic E-state index is -0.0258. The number of rotatable bonds is 3. The highest BCUT2D eigenvalue weighted by molar-refractivity contribution is 5.84. The summed E-state index contributed by atoms with van der Waals surface area (Å²) in [7, 11) is 0. The van der Waals surface area contributed by atoms with Gasteiger partial charge in [-0.15, -0.1) is 0 Å². The first kappa shape index (κ1) is 10.9. The Balaban J connectivity index is 2.06. The van der Waals surface area contributed by atoms with Crippen LogP contribution in [0.15, 0.2) is 0 Å². The first-order valence-electron chi connectivity index (χ1n) is 5.90. The molecule has 0 bridgehead atoms. The summed E-state index contributed by atoms with van der Waals surface area (Å²) in [5.74, 6) is 0.240. The summed E-state index contributed by atoms with van der Waals surface area (Å²) >= 11 is 0. The molecule has 0 aliphatic carbocycles. The van der Waals surface area contributed by atoms with E-state index >= 15 is 0 Å². The van der Waals surface area contributed by atoms with Gasteiger partial charge in [0.2, 0.25) is 5.91 Å². The molecule has 4 nitrogen and oxygen atoms in total. The van der Waals surface area contributed by atoms with Crippen molar-refractivity contribution in [2.75, 3.05) is 13.2 Å². The van der Waals surface area contributed by atoms with Crippen LogP contribution in [0.2, 0.25) is 0 Å². The molecule has 0 aromatic carbocycles. The molecule has 2 heterocycles. The summed E-state index contributed by atoms with van der Waals surface area (Å²) in [6.45, 7) is 5.60. The van der Waals surface area contributed by atoms with E-state index in [0.29, 0.717) is 12.6 Å². The van der Waals surface area contributed by atoms with Crippen LogP contribution in [0, 0.1) is 0 Å². The molecule has 86 valence electrons. The van der Waals surface area contributed by atoms with Crippen LogP contribution in [-0.2, 0) is 9.53 Å². The highest BCUT2D eigenvalue weighted by atomic mass is 16.5. The van der Waals surface area contributed by atoms with Gasteiger partial charge in [-0.1, -0.05) is 13.3 Å². The fraction of sp³-hybridized carbons (Fsp3) is 0.909. The third-order valence-corrected chi connectivity index (χ3v) is 3.26. The van der Waals surface area contributed by atoms with E-state index in [1.54, 1.807) is 0 Å². The van der Waals surface area contributed by atoms with E-state index in [1.807, 2.05) is 11.8 Å². The number of ether oxygens (including phenoxy) is 1. The van der Waals surface area contributed by atoms with Gasteiger partial charge in [0.05, 0.1) is 24.9 Å². The third kappa shape index (κ3) is 2.01. The van der Waals surface area contributed by atoms with Gasteiger partial charge in [0, 0.05) is 6.61 Å². The summed E-state index contributed by atoms with van der Waals surface area (Å²) in [5, 5.41) is 3.35. The topological polar surface area (TPSA) is 41.6 Å². The van der Waals surface area contributed by atoms with Gasteiger partial charge in [-0.05, 0) is 19.8 Å². The van der Waals surface area contributed by atoms with Crippen LogP contribution in [0.5, 0.6) is 0 Å². The Kier molecular flexibility index (Phi) is 3.26. The smallest absolute Gasteiger partial charge is 0.241 e. The van der Waals surface area contributed by atoms with Crippen LogP contribution < -0.4 is 5.32 Å². The molecule has 0 aromatic rings. The second-order valence-corrected chi connectivity index (χ2v) is 4.46. The number of carbonyl (C=O) groups is 1. The van der Waals surface area contributed by atoms with Crippen molar-refractivity contribution in [1.82, 2.24) is 10.2 Å². The van der Waals surface area contributed by atoms with E-state index in [1.165, 1.54) is 0 Å². The van der Waals surface area contributed by atoms with Crippen LogP contribution in [0.4, 0.5) is 0 Å². The molecule has 4 heteroatoms. The van der Waals surface area contributed by atoms with E-state index in [9.17, 15) is 4.79 Å². The predicted molar refractivity (Wildman–Crippen MR) is 57.4 cm³/mol. The Morgan fingerprint density at radius 2 is 2.40 bits per heavy atom. The quantitative estimate of drug-likeness (QED) is 0.749. The number of carbonyl (C=O) groups excluding carboxylic acids is 1. The zero-order chi connectivity index (χ0) is 10.8. The minimum absolute atomic E-state index is 0.0258. The van der Waals surface area contributed by atoms with E-state index in [2.05, 4.69) is 12.2 Å². The molecule has 0 spiro atoms. The van der Waals surface area contributed by atoms with Crippen molar-refractivity contribution in [2.24, 2.45) is 0 Å². The molecule has 2 aliphatic heterocycles. The molecule has 0 saturated carbocycles. The SMILES string of the molecule is CCCC1NC(C)C(=O)N1C1CCOC1. The van der Waals surface area contributed by atoms with E-state index in [-0.39, 0.29) is 18.1 Å². The van der Waals surface area contributed by atoms with Gasteiger partial charge < -0.3 is 9.64 Å². The lowest BCUT2D eigenvalue weighted by atomic mass is 10.2. The van der Waals surface area contributed by atoms with Crippen LogP contribution in [0.3, 0.4) is 0 Å². The molecule has 15 heavy (non-hydrogen) atoms. The molecule has 2 rings (SSSR count). The summed E-state index contributed by atoms with van der Waals surface area (Å²) < 4.78 is 5.36. The number of amides is 1. The average molecular weight is 212 g/mol. The molecule has 1 N–H and O–H groups in total. The van der Waals surface area contributed by atoms with Crippen LogP contribution in [0.25, 0.3) is 0 Å². The molecular formula is C11H20N2O2. The zero-order valence-corrected chi connectivity index (χ0v) is 9.53. The van der Waals surface area contributed by atoms with Gasteiger partial charge in [-0.2, -0.15) is 0 Å². The maximum atomic E-state index is 12.0. The summed E-state index contributed by atoms with van der Waals surface area (Å²) in [4.78, 5) is 14.0. The van der Waals surface area contributed by atoms with Crippen molar-refractivity contribution in [3.8, 4) is 0 Å². The van der Waals surface area contributed by atoms with Crippen molar-refractivity contribution in [3.63, 3.8) is 0 Å². The maximum Gasteiger partial charge on any atom is 0.241 e. The number of hydrogen-bond donors (Lipinski definition) is 1. The van der Waals surface area contributed by atoms with Gasteiger partial charge in [0.15, 0.2) is 0 Å². The first-order valence-corrected chi connectivity index (χ1v) is 5.90. The fourth-order valence-electron chi connectivity index (χ4n) is 2.49. The Morgan fingerprint density at radius 1 is 1.60 bits per heavy atom. The third-order valence-electron chi connectivity index (χ3n) is 3.26. The molecular weight excluding hydrogens is 192 g/mol. The lowest BCUT2D eigenvalue weighted by Crippen LogP contribution is -2.44. The fourth-order valence-corrected chi connectivity index (χ4v) is 2.49. The highest BCUT2D eigenvalue weighted by Crippen LogP contribution is 2.22. The van der Waals surface area contributed by atoms with Crippen LogP contribution in [-0.4, -0.2) is 42.3 Å². The minimum Gasteiger partial charge on any atom is -0.379 e. The monoisotopic (exact) mass is 212 g/mol. The summed E-state index contributed by atoms with van der Waals surface area (Å²) in [6.07, 6.45) is 3.35. The first-order chi connectivity index (χ1) is 7.24. The lowest BCUT2D eigenvalue weighted by molar-refractivity contribution is -0.132. The van der Waals surface area contributed by atoms with Crippen molar-refractivity contribution in [1.29, 1.82) is 0 Å². The Hall–Kier alpha value is -0.610. The molecule has 2 fully saturated rings. The lowest BCUT2D eigenvalue weighted by Gasteiger charge is -2.29. The van der Waals surface area contributed by atoms with Gasteiger partial charge in [0.25, 0.3) is 0 Å². The maximum absolute atomic E-state index is 12.0. The predicted octanol–water partition coefficient (Wildman–Crippen LogP) is 0.722. The van der Waals surface area contributed by atoms with Crippen molar-refractivity contribution in [2.45, 2.75) is 51.4 Å².